The summed E-state index contributed by atoms with van der Waals surface area (Å²) in [5, 5.41) is 13.5. The van der Waals surface area contributed by atoms with Gasteiger partial charge in [0.1, 0.15) is 5.75 Å². The molecule has 142 valence electrons. The Kier molecular flexibility index (Phi) is 5.08. The second-order valence-corrected chi connectivity index (χ2v) is 5.83. The van der Waals surface area contributed by atoms with Gasteiger partial charge < -0.3 is 14.4 Å². The molecular weight excluding hydrogens is 352 g/mol. The van der Waals surface area contributed by atoms with Crippen molar-refractivity contribution in [3.8, 4) is 5.75 Å². The van der Waals surface area contributed by atoms with Crippen molar-refractivity contribution in [1.82, 2.24) is 18.7 Å². The van der Waals surface area contributed by atoms with Gasteiger partial charge >= 0.3 is 5.69 Å². The summed E-state index contributed by atoms with van der Waals surface area (Å²) in [6.45, 7) is -0.0708. The molecule has 0 amide bonds. The fourth-order valence-electron chi connectivity index (χ4n) is 2.70. The number of aliphatic hydroxyl groups excluding tert-OH is 1. The van der Waals surface area contributed by atoms with E-state index >= 15 is 0 Å². The van der Waals surface area contributed by atoms with Gasteiger partial charge in [-0.05, 0) is 29.8 Å². The Bertz CT molecular complexity index is 1110. The maximum atomic E-state index is 12.5. The number of ether oxygens (including phenoxy) is 1. The maximum absolute atomic E-state index is 12.5. The van der Waals surface area contributed by atoms with Crippen molar-refractivity contribution < 1.29 is 9.84 Å². The van der Waals surface area contributed by atoms with Crippen molar-refractivity contribution in [3.63, 3.8) is 0 Å². The number of rotatable bonds is 6. The van der Waals surface area contributed by atoms with Gasteiger partial charge in [-0.25, -0.2) is 10.2 Å². The van der Waals surface area contributed by atoms with Crippen molar-refractivity contribution in [3.05, 3.63) is 50.7 Å². The van der Waals surface area contributed by atoms with Crippen molar-refractivity contribution >= 4 is 23.3 Å². The van der Waals surface area contributed by atoms with E-state index in [4.69, 9.17) is 4.74 Å². The molecule has 0 fully saturated rings. The predicted octanol–water partition coefficient (Wildman–Crippen LogP) is -0.119. The van der Waals surface area contributed by atoms with Crippen molar-refractivity contribution in [2.24, 2.45) is 19.2 Å². The molecule has 0 bridgehead atoms. The molecule has 0 aliphatic rings. The summed E-state index contributed by atoms with van der Waals surface area (Å²) < 4.78 is 8.89. The van der Waals surface area contributed by atoms with E-state index in [1.807, 2.05) is 24.3 Å². The smallest absolute Gasteiger partial charge is 0.332 e. The second-order valence-electron chi connectivity index (χ2n) is 5.83. The van der Waals surface area contributed by atoms with Gasteiger partial charge in [0, 0.05) is 20.6 Å². The number of aryl methyl sites for hydroxylation is 1. The van der Waals surface area contributed by atoms with E-state index < -0.39 is 11.2 Å². The number of hydrogen-bond acceptors (Lipinski definition) is 7. The number of aliphatic hydroxyl groups is 1. The Morgan fingerprint density at radius 2 is 1.93 bits per heavy atom. The number of hydrogen-bond donors (Lipinski definition) is 2. The molecule has 3 aromatic rings. The minimum Gasteiger partial charge on any atom is -0.497 e. The first-order chi connectivity index (χ1) is 13.0. The molecule has 0 radical (unpaired) electrons. The highest BCUT2D eigenvalue weighted by Gasteiger charge is 2.18. The van der Waals surface area contributed by atoms with E-state index in [0.717, 1.165) is 15.9 Å². The minimum atomic E-state index is -0.485. The third-order valence-electron chi connectivity index (χ3n) is 4.17. The number of hydrazone groups is 1. The molecule has 10 nitrogen and oxygen atoms in total. The van der Waals surface area contributed by atoms with Gasteiger partial charge in [0.25, 0.3) is 5.56 Å². The summed E-state index contributed by atoms with van der Waals surface area (Å²) in [6.07, 6.45) is 1.58. The number of methoxy groups -OCH3 is 1. The third-order valence-corrected chi connectivity index (χ3v) is 4.17. The summed E-state index contributed by atoms with van der Waals surface area (Å²) in [6, 6.07) is 7.28. The monoisotopic (exact) mass is 372 g/mol. The van der Waals surface area contributed by atoms with Crippen LogP contribution in [0, 0.1) is 0 Å². The number of imidazole rings is 1. The number of aromatic nitrogens is 4. The summed E-state index contributed by atoms with van der Waals surface area (Å²) in [5.74, 6) is 0.990. The van der Waals surface area contributed by atoms with E-state index in [9.17, 15) is 14.7 Å². The van der Waals surface area contributed by atoms with Gasteiger partial charge in [-0.2, -0.15) is 10.1 Å². The normalized spacial score (nSPS) is 11.4. The number of anilines is 1. The van der Waals surface area contributed by atoms with Crippen LogP contribution in [0.1, 0.15) is 5.56 Å². The Hall–Kier alpha value is -3.40. The molecule has 2 heterocycles. The Balaban J connectivity index is 2.00. The van der Waals surface area contributed by atoms with Crippen molar-refractivity contribution in [2.45, 2.75) is 6.54 Å². The third kappa shape index (κ3) is 3.34. The molecule has 2 aromatic heterocycles. The number of fused-ring (bicyclic) bond motifs is 1. The highest BCUT2D eigenvalue weighted by molar-refractivity contribution is 5.80. The SMILES string of the molecule is COc1ccc(C=NNc2nc3c(c(=O)n(C)c(=O)n3C)n2CCO)cc1. The van der Waals surface area contributed by atoms with Crippen molar-refractivity contribution in [2.75, 3.05) is 19.1 Å². The lowest BCUT2D eigenvalue weighted by Gasteiger charge is -2.07. The zero-order valence-electron chi connectivity index (χ0n) is 15.2. The number of benzene rings is 1. The second kappa shape index (κ2) is 7.46. The quantitative estimate of drug-likeness (QED) is 0.460. The topological polar surface area (TPSA) is 116 Å². The first-order valence-electron chi connectivity index (χ1n) is 8.18. The van der Waals surface area contributed by atoms with E-state index in [0.29, 0.717) is 0 Å². The zero-order valence-corrected chi connectivity index (χ0v) is 15.2. The molecular formula is C17H20N6O4. The zero-order chi connectivity index (χ0) is 19.6. The molecule has 3 rings (SSSR count). The Labute approximate surface area is 154 Å². The molecule has 1 aromatic carbocycles. The molecule has 0 spiro atoms. The Morgan fingerprint density at radius 1 is 1.22 bits per heavy atom. The summed E-state index contributed by atoms with van der Waals surface area (Å²) >= 11 is 0. The number of nitrogens with one attached hydrogen (secondary N) is 1. The first-order valence-corrected chi connectivity index (χ1v) is 8.18. The largest absolute Gasteiger partial charge is 0.497 e. The minimum absolute atomic E-state index is 0.129. The van der Waals surface area contributed by atoms with Gasteiger partial charge in [-0.3, -0.25) is 13.9 Å². The van der Waals surface area contributed by atoms with Gasteiger partial charge in [-0.1, -0.05) is 0 Å². The van der Waals surface area contributed by atoms with Crippen LogP contribution in [0.3, 0.4) is 0 Å². The van der Waals surface area contributed by atoms with Crippen LogP contribution in [-0.4, -0.2) is 43.7 Å². The molecule has 2 N–H and O–H groups in total. The highest BCUT2D eigenvalue weighted by Crippen LogP contribution is 2.15. The van der Waals surface area contributed by atoms with Gasteiger partial charge in [0.15, 0.2) is 11.2 Å². The standard InChI is InChI=1S/C17H20N6O4/c1-21-14-13(15(25)22(2)17(21)26)23(8-9-24)16(19-14)20-18-10-11-4-6-12(27-3)7-5-11/h4-7,10,24H,8-9H2,1-3H3,(H,19,20). The molecule has 0 aliphatic heterocycles. The molecule has 0 saturated carbocycles. The lowest BCUT2D eigenvalue weighted by Crippen LogP contribution is -2.37. The summed E-state index contributed by atoms with van der Waals surface area (Å²) in [4.78, 5) is 28.9. The fourth-order valence-corrected chi connectivity index (χ4v) is 2.70. The molecule has 0 aliphatic carbocycles. The molecule has 27 heavy (non-hydrogen) atoms. The van der Waals surface area contributed by atoms with Crippen LogP contribution in [0.4, 0.5) is 5.95 Å². The van der Waals surface area contributed by atoms with Crippen LogP contribution in [0.5, 0.6) is 5.75 Å². The fraction of sp³-hybridized carbons (Fsp3) is 0.294. The lowest BCUT2D eigenvalue weighted by molar-refractivity contribution is 0.278. The molecule has 10 heteroatoms. The van der Waals surface area contributed by atoms with Crippen LogP contribution in [0.25, 0.3) is 11.2 Å². The van der Waals surface area contributed by atoms with Crippen LogP contribution in [0.2, 0.25) is 0 Å². The first kappa shape index (κ1) is 18.4. The number of nitrogens with zero attached hydrogens (tertiary/aromatic N) is 5. The lowest BCUT2D eigenvalue weighted by atomic mass is 10.2. The molecule has 0 unspecified atom stereocenters. The summed E-state index contributed by atoms with van der Waals surface area (Å²) in [7, 11) is 4.52. The van der Waals surface area contributed by atoms with Crippen LogP contribution < -0.4 is 21.4 Å². The average molecular weight is 372 g/mol. The average Bonchev–Trinajstić information content (AvgIpc) is 3.04. The summed E-state index contributed by atoms with van der Waals surface area (Å²) in [5.41, 5.74) is 3.08. The van der Waals surface area contributed by atoms with E-state index in [2.05, 4.69) is 15.5 Å². The van der Waals surface area contributed by atoms with Gasteiger partial charge in [-0.15, -0.1) is 0 Å². The van der Waals surface area contributed by atoms with Crippen LogP contribution in [-0.2, 0) is 20.6 Å². The van der Waals surface area contributed by atoms with Gasteiger partial charge in [0.05, 0.1) is 19.9 Å². The Morgan fingerprint density at radius 3 is 2.56 bits per heavy atom. The van der Waals surface area contributed by atoms with E-state index in [-0.39, 0.29) is 30.3 Å². The van der Waals surface area contributed by atoms with Crippen molar-refractivity contribution in [1.29, 1.82) is 0 Å². The van der Waals surface area contributed by atoms with E-state index in [1.165, 1.54) is 23.2 Å². The maximum Gasteiger partial charge on any atom is 0.332 e. The molecule has 0 saturated heterocycles. The predicted molar refractivity (Wildman–Crippen MR) is 102 cm³/mol. The van der Waals surface area contributed by atoms with Crippen LogP contribution in [0.15, 0.2) is 39.0 Å². The molecule has 0 atom stereocenters. The van der Waals surface area contributed by atoms with Gasteiger partial charge in [0.2, 0.25) is 5.95 Å². The van der Waals surface area contributed by atoms with E-state index in [1.54, 1.807) is 13.3 Å². The highest BCUT2D eigenvalue weighted by atomic mass is 16.5. The van der Waals surface area contributed by atoms with Crippen LogP contribution >= 0.6 is 0 Å².